The molecule has 4 nitrogen and oxygen atoms in total. The Morgan fingerprint density at radius 3 is 2.56 bits per heavy atom. The molecule has 1 saturated carbocycles. The van der Waals surface area contributed by atoms with E-state index in [1.54, 1.807) is 0 Å². The minimum absolute atomic E-state index is 0.164. The third kappa shape index (κ3) is 5.36. The molecule has 0 saturated heterocycles. The van der Waals surface area contributed by atoms with E-state index in [2.05, 4.69) is 12.2 Å². The van der Waals surface area contributed by atoms with Gasteiger partial charge in [-0.2, -0.15) is 0 Å². The molecule has 0 radical (unpaired) electrons. The summed E-state index contributed by atoms with van der Waals surface area (Å²) >= 11 is 0. The number of nitrogens with one attached hydrogen (secondary N) is 1. The molecule has 4 heteroatoms. The third-order valence-corrected chi connectivity index (χ3v) is 3.34. The zero-order chi connectivity index (χ0) is 13.4. The summed E-state index contributed by atoms with van der Waals surface area (Å²) in [5.74, 6) is -0.164. The average Bonchev–Trinajstić information content (AvgIpc) is 3.16. The second-order valence-electron chi connectivity index (χ2n) is 5.31. The van der Waals surface area contributed by atoms with Crippen molar-refractivity contribution in [3.63, 3.8) is 0 Å². The third-order valence-electron chi connectivity index (χ3n) is 3.34. The molecule has 0 aromatic heterocycles. The quantitative estimate of drug-likeness (QED) is 0.482. The molecule has 0 spiro atoms. The van der Waals surface area contributed by atoms with Gasteiger partial charge in [0.25, 0.3) is 0 Å². The normalized spacial score (nSPS) is 18.4. The average molecular weight is 257 g/mol. The summed E-state index contributed by atoms with van der Waals surface area (Å²) in [4.78, 5) is 11.8. The van der Waals surface area contributed by atoms with Gasteiger partial charge in [0.15, 0.2) is 0 Å². The van der Waals surface area contributed by atoms with Crippen molar-refractivity contribution < 1.29 is 14.3 Å². The zero-order valence-electron chi connectivity index (χ0n) is 12.0. The number of carbonyl (C=O) groups excluding carboxylic acids is 1. The van der Waals surface area contributed by atoms with E-state index in [4.69, 9.17) is 9.47 Å². The second kappa shape index (κ2) is 7.74. The van der Waals surface area contributed by atoms with Gasteiger partial charge in [-0.25, -0.2) is 0 Å². The molecule has 0 heterocycles. The molecule has 0 amide bonds. The molecule has 1 atom stereocenters. The van der Waals surface area contributed by atoms with E-state index in [0.29, 0.717) is 6.04 Å². The molecule has 1 fully saturated rings. The first-order valence-electron chi connectivity index (χ1n) is 7.06. The van der Waals surface area contributed by atoms with Crippen molar-refractivity contribution in [1.82, 2.24) is 5.32 Å². The van der Waals surface area contributed by atoms with Gasteiger partial charge in [0.1, 0.15) is 5.54 Å². The minimum Gasteiger partial charge on any atom is -0.468 e. The van der Waals surface area contributed by atoms with Gasteiger partial charge in [-0.15, -0.1) is 0 Å². The van der Waals surface area contributed by atoms with Crippen LogP contribution in [0.2, 0.25) is 0 Å². The Morgan fingerprint density at radius 2 is 2.00 bits per heavy atom. The summed E-state index contributed by atoms with van der Waals surface area (Å²) in [5, 5.41) is 3.39. The van der Waals surface area contributed by atoms with Gasteiger partial charge in [-0.05, 0) is 39.0 Å². The Balaban J connectivity index is 2.25. The number of carbonyl (C=O) groups is 1. The van der Waals surface area contributed by atoms with Crippen molar-refractivity contribution in [3.8, 4) is 0 Å². The van der Waals surface area contributed by atoms with Gasteiger partial charge >= 0.3 is 5.97 Å². The first kappa shape index (κ1) is 15.4. The van der Waals surface area contributed by atoms with E-state index in [0.717, 1.165) is 38.9 Å². The SMILES string of the molecule is CCCCOCCCC(C)(NC1CC1)C(=O)OC. The summed E-state index contributed by atoms with van der Waals surface area (Å²) in [6, 6.07) is 0.495. The number of hydrogen-bond acceptors (Lipinski definition) is 4. The van der Waals surface area contributed by atoms with Crippen LogP contribution in [0.4, 0.5) is 0 Å². The zero-order valence-corrected chi connectivity index (χ0v) is 12.0. The molecule has 0 aromatic carbocycles. The molecule has 1 aliphatic rings. The maximum atomic E-state index is 11.8. The highest BCUT2D eigenvalue weighted by atomic mass is 16.5. The lowest BCUT2D eigenvalue weighted by Crippen LogP contribution is -2.51. The first-order chi connectivity index (χ1) is 8.62. The maximum absolute atomic E-state index is 11.8. The van der Waals surface area contributed by atoms with Crippen molar-refractivity contribution in [2.45, 2.75) is 64.0 Å². The summed E-state index contributed by atoms with van der Waals surface area (Å²) < 4.78 is 10.4. The van der Waals surface area contributed by atoms with Gasteiger partial charge in [-0.3, -0.25) is 10.1 Å². The van der Waals surface area contributed by atoms with Crippen LogP contribution in [0, 0.1) is 0 Å². The molecule has 1 aliphatic carbocycles. The van der Waals surface area contributed by atoms with Gasteiger partial charge in [-0.1, -0.05) is 13.3 Å². The van der Waals surface area contributed by atoms with Gasteiger partial charge < -0.3 is 9.47 Å². The summed E-state index contributed by atoms with van der Waals surface area (Å²) in [7, 11) is 1.45. The fourth-order valence-electron chi connectivity index (χ4n) is 2.01. The van der Waals surface area contributed by atoms with Crippen LogP contribution in [0.3, 0.4) is 0 Å². The van der Waals surface area contributed by atoms with Crippen molar-refractivity contribution in [2.24, 2.45) is 0 Å². The molecule has 1 rings (SSSR count). The van der Waals surface area contributed by atoms with E-state index in [1.807, 2.05) is 6.92 Å². The highest BCUT2D eigenvalue weighted by Gasteiger charge is 2.38. The van der Waals surface area contributed by atoms with Crippen molar-refractivity contribution in [2.75, 3.05) is 20.3 Å². The molecule has 18 heavy (non-hydrogen) atoms. The fraction of sp³-hybridized carbons (Fsp3) is 0.929. The Labute approximate surface area is 110 Å². The van der Waals surface area contributed by atoms with Crippen molar-refractivity contribution in [1.29, 1.82) is 0 Å². The molecule has 0 bridgehead atoms. The van der Waals surface area contributed by atoms with E-state index in [-0.39, 0.29) is 5.97 Å². The van der Waals surface area contributed by atoms with E-state index >= 15 is 0 Å². The van der Waals surface area contributed by atoms with Crippen LogP contribution in [-0.4, -0.2) is 37.9 Å². The van der Waals surface area contributed by atoms with E-state index < -0.39 is 5.54 Å². The van der Waals surface area contributed by atoms with Crippen LogP contribution in [0.25, 0.3) is 0 Å². The predicted octanol–water partition coefficient (Wildman–Crippen LogP) is 2.27. The molecule has 1 unspecified atom stereocenters. The van der Waals surface area contributed by atoms with Crippen LogP contribution < -0.4 is 5.32 Å². The maximum Gasteiger partial charge on any atom is 0.325 e. The first-order valence-corrected chi connectivity index (χ1v) is 7.06. The molecule has 1 N–H and O–H groups in total. The van der Waals surface area contributed by atoms with Gasteiger partial charge in [0.05, 0.1) is 7.11 Å². The smallest absolute Gasteiger partial charge is 0.325 e. The molecule has 0 aliphatic heterocycles. The summed E-state index contributed by atoms with van der Waals surface area (Å²) in [5.41, 5.74) is -0.552. The molecular weight excluding hydrogens is 230 g/mol. The van der Waals surface area contributed by atoms with Crippen LogP contribution >= 0.6 is 0 Å². The van der Waals surface area contributed by atoms with Gasteiger partial charge in [0.2, 0.25) is 0 Å². The highest BCUT2D eigenvalue weighted by Crippen LogP contribution is 2.25. The van der Waals surface area contributed by atoms with Crippen LogP contribution in [0.1, 0.15) is 52.4 Å². The Hall–Kier alpha value is -0.610. The monoisotopic (exact) mass is 257 g/mol. The number of unbranched alkanes of at least 4 members (excludes halogenated alkanes) is 1. The topological polar surface area (TPSA) is 47.6 Å². The minimum atomic E-state index is -0.552. The van der Waals surface area contributed by atoms with Crippen molar-refractivity contribution in [3.05, 3.63) is 0 Å². The standard InChI is InChI=1S/C14H27NO3/c1-4-5-10-18-11-6-9-14(2,13(16)17-3)15-12-7-8-12/h12,15H,4-11H2,1-3H3. The predicted molar refractivity (Wildman–Crippen MR) is 71.5 cm³/mol. The van der Waals surface area contributed by atoms with Gasteiger partial charge in [0, 0.05) is 19.3 Å². The Kier molecular flexibility index (Phi) is 6.65. The lowest BCUT2D eigenvalue weighted by Gasteiger charge is -2.28. The summed E-state index contributed by atoms with van der Waals surface area (Å²) in [6.07, 6.45) is 6.24. The van der Waals surface area contributed by atoms with Crippen LogP contribution in [0.15, 0.2) is 0 Å². The Morgan fingerprint density at radius 1 is 1.33 bits per heavy atom. The number of methoxy groups -OCH3 is 1. The van der Waals surface area contributed by atoms with E-state index in [9.17, 15) is 4.79 Å². The summed E-state index contributed by atoms with van der Waals surface area (Å²) in [6.45, 7) is 5.63. The number of rotatable bonds is 10. The number of ether oxygens (including phenoxy) is 2. The fourth-order valence-corrected chi connectivity index (χ4v) is 2.01. The largest absolute Gasteiger partial charge is 0.468 e. The number of esters is 1. The van der Waals surface area contributed by atoms with Crippen molar-refractivity contribution >= 4 is 5.97 Å². The highest BCUT2D eigenvalue weighted by molar-refractivity contribution is 5.80. The Bertz CT molecular complexity index is 253. The van der Waals surface area contributed by atoms with Crippen LogP contribution in [-0.2, 0) is 14.3 Å². The lowest BCUT2D eigenvalue weighted by atomic mass is 9.96. The number of hydrogen-bond donors (Lipinski definition) is 1. The second-order valence-corrected chi connectivity index (χ2v) is 5.31. The van der Waals surface area contributed by atoms with E-state index in [1.165, 1.54) is 20.0 Å². The molecule has 0 aromatic rings. The molecular formula is C14H27NO3. The molecule has 106 valence electrons. The van der Waals surface area contributed by atoms with Crippen LogP contribution in [0.5, 0.6) is 0 Å². The lowest BCUT2D eigenvalue weighted by molar-refractivity contribution is -0.148.